The number of hydrogen-bond donors (Lipinski definition) is 1. The number of aromatic amines is 1. The summed E-state index contributed by atoms with van der Waals surface area (Å²) in [4.78, 5) is 12.8. The standard InChI is InChI=1S/C20H19N5O2/c1-27-19-11-16(17-12-21-22-13-17)7-8-18(19)24-14-23-25(20(24)26)10-9-15-5-3-2-4-6-15/h2-8,11-14H,9-10H2,1H3,(H,21,22). The number of aryl methyl sites for hydroxylation is 2. The van der Waals surface area contributed by atoms with Crippen LogP contribution in [0.3, 0.4) is 0 Å². The second-order valence-corrected chi connectivity index (χ2v) is 6.12. The van der Waals surface area contributed by atoms with Gasteiger partial charge in [0, 0.05) is 11.8 Å². The van der Waals surface area contributed by atoms with E-state index in [1.807, 2.05) is 54.7 Å². The lowest BCUT2D eigenvalue weighted by Crippen LogP contribution is -2.25. The van der Waals surface area contributed by atoms with Gasteiger partial charge >= 0.3 is 5.69 Å². The van der Waals surface area contributed by atoms with Crippen molar-refractivity contribution in [1.29, 1.82) is 0 Å². The molecule has 0 fully saturated rings. The van der Waals surface area contributed by atoms with Gasteiger partial charge in [0.05, 0.1) is 25.5 Å². The van der Waals surface area contributed by atoms with Gasteiger partial charge in [0.2, 0.25) is 0 Å². The summed E-state index contributed by atoms with van der Waals surface area (Å²) in [5.74, 6) is 0.596. The van der Waals surface area contributed by atoms with Gasteiger partial charge in [0.1, 0.15) is 12.1 Å². The minimum Gasteiger partial charge on any atom is -0.495 e. The van der Waals surface area contributed by atoms with Crippen molar-refractivity contribution in [2.75, 3.05) is 7.11 Å². The Labute approximate surface area is 155 Å². The minimum absolute atomic E-state index is 0.194. The number of methoxy groups -OCH3 is 1. The Hall–Kier alpha value is -3.61. The summed E-state index contributed by atoms with van der Waals surface area (Å²) in [6.45, 7) is 0.519. The maximum absolute atomic E-state index is 12.8. The highest BCUT2D eigenvalue weighted by atomic mass is 16.5. The molecule has 0 saturated heterocycles. The average molecular weight is 361 g/mol. The number of ether oxygens (including phenoxy) is 1. The summed E-state index contributed by atoms with van der Waals surface area (Å²) >= 11 is 0. The van der Waals surface area contributed by atoms with Gasteiger partial charge < -0.3 is 4.74 Å². The van der Waals surface area contributed by atoms with Gasteiger partial charge in [-0.15, -0.1) is 0 Å². The predicted octanol–water partition coefficient (Wildman–Crippen LogP) is 2.68. The number of nitrogens with one attached hydrogen (secondary N) is 1. The highest BCUT2D eigenvalue weighted by Crippen LogP contribution is 2.28. The molecule has 7 heteroatoms. The molecule has 0 bridgehead atoms. The number of rotatable bonds is 6. The van der Waals surface area contributed by atoms with Crippen LogP contribution in [-0.2, 0) is 13.0 Å². The van der Waals surface area contributed by atoms with Gasteiger partial charge in [-0.2, -0.15) is 10.2 Å². The quantitative estimate of drug-likeness (QED) is 0.573. The van der Waals surface area contributed by atoms with Crippen molar-refractivity contribution in [2.24, 2.45) is 0 Å². The normalized spacial score (nSPS) is 10.9. The first-order chi connectivity index (χ1) is 13.3. The van der Waals surface area contributed by atoms with Crippen molar-refractivity contribution in [3.8, 4) is 22.6 Å². The molecule has 0 aliphatic rings. The van der Waals surface area contributed by atoms with Crippen LogP contribution in [0.5, 0.6) is 5.75 Å². The molecule has 4 rings (SSSR count). The van der Waals surface area contributed by atoms with Crippen LogP contribution in [0.1, 0.15) is 5.56 Å². The average Bonchev–Trinajstić information content (AvgIpc) is 3.37. The third kappa shape index (κ3) is 3.39. The number of hydrogen-bond acceptors (Lipinski definition) is 4. The molecule has 0 saturated carbocycles. The SMILES string of the molecule is COc1cc(-c2cn[nH]c2)ccc1-n1cnn(CCc2ccccc2)c1=O. The van der Waals surface area contributed by atoms with Gasteiger partial charge in [-0.25, -0.2) is 14.0 Å². The monoisotopic (exact) mass is 361 g/mol. The van der Waals surface area contributed by atoms with E-state index in [-0.39, 0.29) is 5.69 Å². The van der Waals surface area contributed by atoms with E-state index in [1.165, 1.54) is 21.1 Å². The zero-order valence-electron chi connectivity index (χ0n) is 14.9. The lowest BCUT2D eigenvalue weighted by molar-refractivity contribution is 0.412. The number of aromatic nitrogens is 5. The first kappa shape index (κ1) is 16.8. The Bertz CT molecular complexity index is 1080. The fourth-order valence-electron chi connectivity index (χ4n) is 3.00. The number of H-pyrrole nitrogens is 1. The van der Waals surface area contributed by atoms with Crippen molar-refractivity contribution in [3.05, 3.63) is 83.3 Å². The van der Waals surface area contributed by atoms with E-state index < -0.39 is 0 Å². The Kier molecular flexibility index (Phi) is 4.57. The summed E-state index contributed by atoms with van der Waals surface area (Å²) in [5, 5.41) is 11.0. The van der Waals surface area contributed by atoms with E-state index >= 15 is 0 Å². The van der Waals surface area contributed by atoms with E-state index in [0.29, 0.717) is 18.0 Å². The third-order valence-electron chi connectivity index (χ3n) is 4.46. The number of benzene rings is 2. The smallest absolute Gasteiger partial charge is 0.350 e. The zero-order valence-corrected chi connectivity index (χ0v) is 14.9. The molecule has 1 N–H and O–H groups in total. The number of nitrogens with zero attached hydrogens (tertiary/aromatic N) is 4. The summed E-state index contributed by atoms with van der Waals surface area (Å²) in [6.07, 6.45) is 5.82. The van der Waals surface area contributed by atoms with Crippen LogP contribution in [-0.4, -0.2) is 31.7 Å². The lowest BCUT2D eigenvalue weighted by atomic mass is 10.1. The van der Waals surface area contributed by atoms with E-state index in [9.17, 15) is 4.79 Å². The van der Waals surface area contributed by atoms with Crippen molar-refractivity contribution < 1.29 is 4.74 Å². The van der Waals surface area contributed by atoms with Crippen molar-refractivity contribution >= 4 is 0 Å². The summed E-state index contributed by atoms with van der Waals surface area (Å²) in [6, 6.07) is 15.7. The minimum atomic E-state index is -0.194. The summed E-state index contributed by atoms with van der Waals surface area (Å²) < 4.78 is 8.48. The fraction of sp³-hybridized carbons (Fsp3) is 0.150. The molecule has 0 aliphatic heterocycles. The first-order valence-corrected chi connectivity index (χ1v) is 8.62. The van der Waals surface area contributed by atoms with Gasteiger partial charge in [-0.05, 0) is 29.7 Å². The first-order valence-electron chi connectivity index (χ1n) is 8.62. The van der Waals surface area contributed by atoms with Crippen LogP contribution in [0.25, 0.3) is 16.8 Å². The van der Waals surface area contributed by atoms with Crippen LogP contribution in [0, 0.1) is 0 Å². The molecular weight excluding hydrogens is 342 g/mol. The molecule has 2 aromatic heterocycles. The summed E-state index contributed by atoms with van der Waals surface area (Å²) in [5.41, 5.74) is 3.53. The Morgan fingerprint density at radius 3 is 2.70 bits per heavy atom. The molecule has 136 valence electrons. The largest absolute Gasteiger partial charge is 0.495 e. The molecule has 27 heavy (non-hydrogen) atoms. The van der Waals surface area contributed by atoms with Gasteiger partial charge in [0.25, 0.3) is 0 Å². The van der Waals surface area contributed by atoms with Crippen LogP contribution < -0.4 is 10.4 Å². The van der Waals surface area contributed by atoms with Crippen molar-refractivity contribution in [2.45, 2.75) is 13.0 Å². The molecule has 0 atom stereocenters. The molecule has 0 spiro atoms. The third-order valence-corrected chi connectivity index (χ3v) is 4.46. The van der Waals surface area contributed by atoms with E-state index in [1.54, 1.807) is 13.3 Å². The van der Waals surface area contributed by atoms with Gasteiger partial charge in [-0.1, -0.05) is 36.4 Å². The van der Waals surface area contributed by atoms with Gasteiger partial charge in [-0.3, -0.25) is 5.10 Å². The highest BCUT2D eigenvalue weighted by molar-refractivity contribution is 5.67. The van der Waals surface area contributed by atoms with Crippen molar-refractivity contribution in [1.82, 2.24) is 24.5 Å². The predicted molar refractivity (Wildman–Crippen MR) is 102 cm³/mol. The van der Waals surface area contributed by atoms with Crippen LogP contribution in [0.2, 0.25) is 0 Å². The Morgan fingerprint density at radius 1 is 1.11 bits per heavy atom. The van der Waals surface area contributed by atoms with E-state index in [4.69, 9.17) is 4.74 Å². The topological polar surface area (TPSA) is 77.7 Å². The molecule has 2 heterocycles. The van der Waals surface area contributed by atoms with Crippen LogP contribution in [0.15, 0.2) is 72.0 Å². The Balaban J connectivity index is 1.62. The zero-order chi connectivity index (χ0) is 18.6. The summed E-state index contributed by atoms with van der Waals surface area (Å²) in [7, 11) is 1.59. The van der Waals surface area contributed by atoms with Crippen LogP contribution >= 0.6 is 0 Å². The molecule has 7 nitrogen and oxygen atoms in total. The molecule has 2 aromatic carbocycles. The van der Waals surface area contributed by atoms with E-state index in [2.05, 4.69) is 15.3 Å². The molecule has 4 aromatic rings. The van der Waals surface area contributed by atoms with E-state index in [0.717, 1.165) is 17.5 Å². The fourth-order valence-corrected chi connectivity index (χ4v) is 3.00. The van der Waals surface area contributed by atoms with Crippen molar-refractivity contribution in [3.63, 3.8) is 0 Å². The van der Waals surface area contributed by atoms with Crippen LogP contribution in [0.4, 0.5) is 0 Å². The lowest BCUT2D eigenvalue weighted by Gasteiger charge is -2.10. The second kappa shape index (κ2) is 7.33. The molecule has 0 radical (unpaired) electrons. The Morgan fingerprint density at radius 2 is 1.96 bits per heavy atom. The molecule has 0 amide bonds. The molecular formula is C20H19N5O2. The molecule has 0 unspecified atom stereocenters. The second-order valence-electron chi connectivity index (χ2n) is 6.12. The highest BCUT2D eigenvalue weighted by Gasteiger charge is 2.13. The molecule has 0 aliphatic carbocycles. The van der Waals surface area contributed by atoms with Gasteiger partial charge in [0.15, 0.2) is 0 Å². The maximum atomic E-state index is 12.8. The maximum Gasteiger partial charge on any atom is 0.350 e.